The second kappa shape index (κ2) is 7.44. The van der Waals surface area contributed by atoms with Crippen molar-refractivity contribution in [1.82, 2.24) is 14.8 Å². The van der Waals surface area contributed by atoms with Gasteiger partial charge in [-0.05, 0) is 50.8 Å². The van der Waals surface area contributed by atoms with Crippen molar-refractivity contribution >= 4 is 22.7 Å². The summed E-state index contributed by atoms with van der Waals surface area (Å²) in [5, 5.41) is 0.893. The Morgan fingerprint density at radius 3 is 2.73 bits per heavy atom. The van der Waals surface area contributed by atoms with Gasteiger partial charge in [-0.15, -0.1) is 0 Å². The molecule has 0 N–H and O–H groups in total. The molecule has 1 aliphatic heterocycles. The third-order valence-corrected chi connectivity index (χ3v) is 5.34. The quantitative estimate of drug-likeness (QED) is 0.848. The summed E-state index contributed by atoms with van der Waals surface area (Å²) >= 11 is 0. The van der Waals surface area contributed by atoms with Gasteiger partial charge in [0, 0.05) is 44.2 Å². The van der Waals surface area contributed by atoms with Crippen LogP contribution in [0.1, 0.15) is 46.4 Å². The number of piperidine rings is 1. The van der Waals surface area contributed by atoms with Gasteiger partial charge < -0.3 is 9.80 Å². The Labute approximate surface area is 155 Å². The summed E-state index contributed by atoms with van der Waals surface area (Å²) < 4.78 is 0. The zero-order chi connectivity index (χ0) is 18.8. The number of carbonyl (C=O) groups excluding carboxylic acids is 2. The average molecular weight is 353 g/mol. The number of amides is 2. The number of carbonyl (C=O) groups is 2. The smallest absolute Gasteiger partial charge is 0.254 e. The first kappa shape index (κ1) is 18.4. The molecule has 2 amide bonds. The van der Waals surface area contributed by atoms with Crippen LogP contribution in [0, 0.1) is 20.8 Å². The van der Waals surface area contributed by atoms with Crippen molar-refractivity contribution in [2.45, 2.75) is 40.0 Å². The molecule has 2 aromatic rings. The van der Waals surface area contributed by atoms with E-state index in [1.165, 1.54) is 5.56 Å². The van der Waals surface area contributed by atoms with Crippen molar-refractivity contribution in [2.24, 2.45) is 0 Å². The van der Waals surface area contributed by atoms with Gasteiger partial charge in [0.15, 0.2) is 0 Å². The fraction of sp³-hybridized carbons (Fsp3) is 0.476. The lowest BCUT2D eigenvalue weighted by atomic mass is 10.0. The zero-order valence-electron chi connectivity index (χ0n) is 16.1. The van der Waals surface area contributed by atoms with Crippen molar-refractivity contribution in [3.8, 4) is 0 Å². The molecule has 5 heteroatoms. The van der Waals surface area contributed by atoms with Crippen LogP contribution in [-0.4, -0.2) is 53.3 Å². The Kier molecular flexibility index (Phi) is 5.25. The Morgan fingerprint density at radius 1 is 1.23 bits per heavy atom. The van der Waals surface area contributed by atoms with Gasteiger partial charge in [0.05, 0.1) is 11.1 Å². The Morgan fingerprint density at radius 2 is 2.00 bits per heavy atom. The van der Waals surface area contributed by atoms with Gasteiger partial charge in [0.1, 0.15) is 0 Å². The highest BCUT2D eigenvalue weighted by molar-refractivity contribution is 6.06. The van der Waals surface area contributed by atoms with Crippen LogP contribution >= 0.6 is 0 Å². The van der Waals surface area contributed by atoms with Crippen molar-refractivity contribution in [3.63, 3.8) is 0 Å². The number of nitrogens with zero attached hydrogens (tertiary/aromatic N) is 3. The predicted octanol–water partition coefficient (Wildman–Crippen LogP) is 3.24. The topological polar surface area (TPSA) is 53.5 Å². The summed E-state index contributed by atoms with van der Waals surface area (Å²) in [6.45, 7) is 7.96. The number of pyridine rings is 1. The summed E-state index contributed by atoms with van der Waals surface area (Å²) in [6.07, 6.45) is 2.66. The fourth-order valence-corrected chi connectivity index (χ4v) is 3.51. The highest BCUT2D eigenvalue weighted by Crippen LogP contribution is 2.25. The molecule has 2 heterocycles. The summed E-state index contributed by atoms with van der Waals surface area (Å²) in [5.74, 6) is 0.182. The van der Waals surface area contributed by atoms with Crippen LogP contribution in [0.2, 0.25) is 0 Å². The molecule has 1 aliphatic rings. The number of likely N-dealkylation sites (tertiary alicyclic amines) is 1. The zero-order valence-corrected chi connectivity index (χ0v) is 16.1. The highest BCUT2D eigenvalue weighted by atomic mass is 16.2. The van der Waals surface area contributed by atoms with Crippen LogP contribution in [0.25, 0.3) is 10.9 Å². The van der Waals surface area contributed by atoms with Crippen molar-refractivity contribution in [1.29, 1.82) is 0 Å². The lowest BCUT2D eigenvalue weighted by Gasteiger charge is -2.29. The Balaban J connectivity index is 1.82. The molecule has 0 aliphatic carbocycles. The van der Waals surface area contributed by atoms with E-state index in [1.54, 1.807) is 11.9 Å². The van der Waals surface area contributed by atoms with Crippen molar-refractivity contribution in [3.05, 3.63) is 40.6 Å². The number of aromatic nitrogens is 1. The third-order valence-electron chi connectivity index (χ3n) is 5.34. The number of hydrogen-bond donors (Lipinski definition) is 0. The van der Waals surface area contributed by atoms with Crippen molar-refractivity contribution < 1.29 is 9.59 Å². The lowest BCUT2D eigenvalue weighted by molar-refractivity contribution is -0.133. The van der Waals surface area contributed by atoms with Gasteiger partial charge in [-0.25, -0.2) is 0 Å². The molecule has 3 rings (SSSR count). The Bertz CT molecular complexity index is 860. The second-order valence-corrected chi connectivity index (χ2v) is 7.28. The van der Waals surface area contributed by atoms with E-state index < -0.39 is 0 Å². The van der Waals surface area contributed by atoms with Crippen molar-refractivity contribution in [2.75, 3.05) is 26.7 Å². The van der Waals surface area contributed by atoms with E-state index in [4.69, 9.17) is 0 Å². The molecule has 0 spiro atoms. The van der Waals surface area contributed by atoms with Gasteiger partial charge in [0.2, 0.25) is 5.91 Å². The first-order valence-electron chi connectivity index (χ1n) is 9.29. The van der Waals surface area contributed by atoms with Gasteiger partial charge >= 0.3 is 0 Å². The molecule has 1 aromatic carbocycles. The molecule has 1 saturated heterocycles. The lowest BCUT2D eigenvalue weighted by Crippen LogP contribution is -2.41. The number of fused-ring (bicyclic) bond motifs is 1. The first-order valence-corrected chi connectivity index (χ1v) is 9.29. The number of hydrogen-bond acceptors (Lipinski definition) is 3. The van der Waals surface area contributed by atoms with E-state index in [-0.39, 0.29) is 11.8 Å². The first-order chi connectivity index (χ1) is 12.4. The number of likely N-dealkylation sites (N-methyl/N-ethyl adjacent to an activating group) is 1. The van der Waals surface area contributed by atoms with E-state index in [0.29, 0.717) is 25.1 Å². The van der Waals surface area contributed by atoms with E-state index in [9.17, 15) is 9.59 Å². The van der Waals surface area contributed by atoms with Crippen LogP contribution in [0.3, 0.4) is 0 Å². The maximum Gasteiger partial charge on any atom is 0.254 e. The largest absolute Gasteiger partial charge is 0.341 e. The molecule has 0 bridgehead atoms. The molecule has 0 radical (unpaired) electrons. The van der Waals surface area contributed by atoms with Crippen LogP contribution in [0.5, 0.6) is 0 Å². The molecule has 26 heavy (non-hydrogen) atoms. The predicted molar refractivity (Wildman–Crippen MR) is 103 cm³/mol. The fourth-order valence-electron chi connectivity index (χ4n) is 3.51. The highest BCUT2D eigenvalue weighted by Gasteiger charge is 2.21. The normalized spacial score (nSPS) is 14.8. The van der Waals surface area contributed by atoms with Crippen LogP contribution in [-0.2, 0) is 4.79 Å². The third kappa shape index (κ3) is 3.57. The summed E-state index contributed by atoms with van der Waals surface area (Å²) in [6, 6.07) is 5.89. The molecule has 0 saturated carbocycles. The molecular weight excluding hydrogens is 326 g/mol. The summed E-state index contributed by atoms with van der Waals surface area (Å²) in [4.78, 5) is 33.2. The average Bonchev–Trinajstić information content (AvgIpc) is 2.63. The van der Waals surface area contributed by atoms with Gasteiger partial charge in [0.25, 0.3) is 5.91 Å². The molecule has 0 atom stereocenters. The number of rotatable bonds is 4. The molecule has 5 nitrogen and oxygen atoms in total. The molecule has 138 valence electrons. The van der Waals surface area contributed by atoms with E-state index in [1.807, 2.05) is 36.9 Å². The number of benzene rings is 1. The minimum absolute atomic E-state index is 0.0202. The van der Waals surface area contributed by atoms with Gasteiger partial charge in [-0.1, -0.05) is 12.1 Å². The van der Waals surface area contributed by atoms with E-state index >= 15 is 0 Å². The second-order valence-electron chi connectivity index (χ2n) is 7.28. The molecule has 0 unspecified atom stereocenters. The minimum Gasteiger partial charge on any atom is -0.341 e. The van der Waals surface area contributed by atoms with Crippen LogP contribution in [0.15, 0.2) is 18.2 Å². The SMILES string of the molecule is Cc1cc(C(=O)N(C)CCN2CCCCC2=O)c2ccc(C)c(C)c2n1. The molecule has 1 aromatic heterocycles. The Hall–Kier alpha value is -2.43. The summed E-state index contributed by atoms with van der Waals surface area (Å²) in [7, 11) is 1.80. The standard InChI is InChI=1S/C21H27N3O2/c1-14-8-9-17-18(13-15(2)22-20(17)16(14)3)21(26)23(4)11-12-24-10-6-5-7-19(24)25/h8-9,13H,5-7,10-12H2,1-4H3. The van der Waals surface area contributed by atoms with E-state index in [2.05, 4.69) is 11.9 Å². The van der Waals surface area contributed by atoms with Gasteiger partial charge in [-0.2, -0.15) is 0 Å². The van der Waals surface area contributed by atoms with Crippen LogP contribution in [0.4, 0.5) is 0 Å². The van der Waals surface area contributed by atoms with E-state index in [0.717, 1.165) is 41.5 Å². The maximum atomic E-state index is 13.1. The summed E-state index contributed by atoms with van der Waals surface area (Å²) in [5.41, 5.74) is 4.71. The maximum absolute atomic E-state index is 13.1. The molecular formula is C21H27N3O2. The minimum atomic E-state index is -0.0202. The monoisotopic (exact) mass is 353 g/mol. The number of aryl methyl sites for hydroxylation is 3. The molecule has 1 fully saturated rings. The van der Waals surface area contributed by atoms with Crippen LogP contribution < -0.4 is 0 Å². The van der Waals surface area contributed by atoms with Gasteiger partial charge in [-0.3, -0.25) is 14.6 Å².